The number of hydrogen-bond donors (Lipinski definition) is 1. The van der Waals surface area contributed by atoms with E-state index in [2.05, 4.69) is 22.0 Å². The van der Waals surface area contributed by atoms with Crippen LogP contribution in [0.5, 0.6) is 5.75 Å². The van der Waals surface area contributed by atoms with Crippen LogP contribution in [0.15, 0.2) is 22.7 Å². The molecule has 0 heterocycles. The van der Waals surface area contributed by atoms with Crippen molar-refractivity contribution in [2.45, 2.75) is 38.1 Å². The van der Waals surface area contributed by atoms with Gasteiger partial charge in [-0.15, -0.1) is 0 Å². The molecule has 2 aliphatic carbocycles. The van der Waals surface area contributed by atoms with E-state index in [0.29, 0.717) is 0 Å². The SMILES string of the molecule is COc1ccc(Br)cc1CC(N)C1C2CCCCC21. The first kappa shape index (κ1) is 13.4. The largest absolute Gasteiger partial charge is 0.496 e. The zero-order chi connectivity index (χ0) is 13.4. The van der Waals surface area contributed by atoms with Gasteiger partial charge >= 0.3 is 0 Å². The molecule has 0 aliphatic heterocycles. The van der Waals surface area contributed by atoms with E-state index in [0.717, 1.165) is 34.4 Å². The summed E-state index contributed by atoms with van der Waals surface area (Å²) in [6.07, 6.45) is 6.55. The molecule has 104 valence electrons. The lowest BCUT2D eigenvalue weighted by Gasteiger charge is -2.15. The third kappa shape index (κ3) is 2.68. The van der Waals surface area contributed by atoms with Crippen molar-refractivity contribution in [2.24, 2.45) is 23.5 Å². The Balaban J connectivity index is 1.69. The molecule has 0 amide bonds. The molecular weight excluding hydrogens is 302 g/mol. The molecule has 2 fully saturated rings. The molecule has 2 aliphatic rings. The molecule has 0 radical (unpaired) electrons. The Bertz CT molecular complexity index is 450. The van der Waals surface area contributed by atoms with E-state index < -0.39 is 0 Å². The normalized spacial score (nSPS) is 30.6. The molecule has 0 saturated heterocycles. The minimum Gasteiger partial charge on any atom is -0.496 e. The van der Waals surface area contributed by atoms with E-state index in [1.165, 1.54) is 31.2 Å². The molecule has 19 heavy (non-hydrogen) atoms. The van der Waals surface area contributed by atoms with E-state index in [-0.39, 0.29) is 6.04 Å². The molecule has 0 aromatic heterocycles. The van der Waals surface area contributed by atoms with Gasteiger partial charge in [0.1, 0.15) is 5.75 Å². The Hall–Kier alpha value is -0.540. The molecule has 3 rings (SSSR count). The highest BCUT2D eigenvalue weighted by Gasteiger charge is 2.52. The number of benzene rings is 1. The third-order valence-electron chi connectivity index (χ3n) is 4.92. The summed E-state index contributed by atoms with van der Waals surface area (Å²) in [6, 6.07) is 6.47. The fraction of sp³-hybridized carbons (Fsp3) is 0.625. The zero-order valence-electron chi connectivity index (χ0n) is 11.4. The summed E-state index contributed by atoms with van der Waals surface area (Å²) >= 11 is 3.53. The standard InChI is InChI=1S/C16H22BrNO/c1-19-15-7-6-11(17)8-10(15)9-14(18)16-12-4-2-3-5-13(12)16/h6-8,12-14,16H,2-5,9,18H2,1H3. The van der Waals surface area contributed by atoms with Crippen LogP contribution in [0, 0.1) is 17.8 Å². The van der Waals surface area contributed by atoms with Crippen molar-refractivity contribution in [1.82, 2.24) is 0 Å². The molecular formula is C16H22BrNO. The van der Waals surface area contributed by atoms with E-state index in [1.54, 1.807) is 7.11 Å². The van der Waals surface area contributed by atoms with Crippen LogP contribution in [0.2, 0.25) is 0 Å². The van der Waals surface area contributed by atoms with Crippen molar-refractivity contribution < 1.29 is 4.74 Å². The first-order valence-corrected chi connectivity index (χ1v) is 8.08. The van der Waals surface area contributed by atoms with Gasteiger partial charge < -0.3 is 10.5 Å². The number of fused-ring (bicyclic) bond motifs is 1. The summed E-state index contributed by atoms with van der Waals surface area (Å²) < 4.78 is 6.54. The summed E-state index contributed by atoms with van der Waals surface area (Å²) in [7, 11) is 1.73. The van der Waals surface area contributed by atoms with Crippen molar-refractivity contribution in [1.29, 1.82) is 0 Å². The van der Waals surface area contributed by atoms with Gasteiger partial charge in [0, 0.05) is 10.5 Å². The Kier molecular flexibility index (Phi) is 3.86. The van der Waals surface area contributed by atoms with Crippen molar-refractivity contribution in [2.75, 3.05) is 7.11 Å². The number of rotatable bonds is 4. The van der Waals surface area contributed by atoms with Crippen molar-refractivity contribution >= 4 is 15.9 Å². The predicted octanol–water partition coefficient (Wildman–Crippen LogP) is 3.76. The summed E-state index contributed by atoms with van der Waals surface area (Å²) in [5.74, 6) is 3.55. The minimum absolute atomic E-state index is 0.288. The quantitative estimate of drug-likeness (QED) is 0.915. The van der Waals surface area contributed by atoms with Gasteiger partial charge in [-0.3, -0.25) is 0 Å². The second-order valence-electron chi connectivity index (χ2n) is 6.01. The lowest BCUT2D eigenvalue weighted by atomic mass is 10.00. The highest BCUT2D eigenvalue weighted by molar-refractivity contribution is 9.10. The maximum absolute atomic E-state index is 6.47. The second-order valence-corrected chi connectivity index (χ2v) is 6.93. The molecule has 0 bridgehead atoms. The van der Waals surface area contributed by atoms with Gasteiger partial charge in [-0.1, -0.05) is 28.8 Å². The highest BCUT2D eigenvalue weighted by Crippen LogP contribution is 2.57. The smallest absolute Gasteiger partial charge is 0.122 e. The molecule has 2 nitrogen and oxygen atoms in total. The Morgan fingerprint density at radius 1 is 1.32 bits per heavy atom. The number of methoxy groups -OCH3 is 1. The maximum atomic E-state index is 6.47. The maximum Gasteiger partial charge on any atom is 0.122 e. The van der Waals surface area contributed by atoms with Crippen LogP contribution in [-0.2, 0) is 6.42 Å². The minimum atomic E-state index is 0.288. The average molecular weight is 324 g/mol. The van der Waals surface area contributed by atoms with Crippen molar-refractivity contribution in [3.8, 4) is 5.75 Å². The third-order valence-corrected chi connectivity index (χ3v) is 5.41. The monoisotopic (exact) mass is 323 g/mol. The van der Waals surface area contributed by atoms with Crippen molar-refractivity contribution in [3.05, 3.63) is 28.2 Å². The summed E-state index contributed by atoms with van der Waals surface area (Å²) in [5, 5.41) is 0. The zero-order valence-corrected chi connectivity index (χ0v) is 13.0. The van der Waals surface area contributed by atoms with E-state index in [4.69, 9.17) is 10.5 Å². The van der Waals surface area contributed by atoms with Gasteiger partial charge in [0.25, 0.3) is 0 Å². The molecule has 2 saturated carbocycles. The van der Waals surface area contributed by atoms with Crippen LogP contribution in [-0.4, -0.2) is 13.2 Å². The molecule has 3 heteroatoms. The van der Waals surface area contributed by atoms with Gasteiger partial charge in [-0.25, -0.2) is 0 Å². The second kappa shape index (κ2) is 5.45. The van der Waals surface area contributed by atoms with Crippen LogP contribution in [0.3, 0.4) is 0 Å². The van der Waals surface area contributed by atoms with Crippen LogP contribution in [0.25, 0.3) is 0 Å². The van der Waals surface area contributed by atoms with E-state index in [1.807, 2.05) is 12.1 Å². The van der Waals surface area contributed by atoms with Gasteiger partial charge in [0.2, 0.25) is 0 Å². The number of ether oxygens (including phenoxy) is 1. The molecule has 2 N–H and O–H groups in total. The lowest BCUT2D eigenvalue weighted by molar-refractivity contribution is 0.405. The molecule has 1 aromatic carbocycles. The predicted molar refractivity (Wildman–Crippen MR) is 81.3 cm³/mol. The van der Waals surface area contributed by atoms with Crippen LogP contribution in [0.4, 0.5) is 0 Å². The van der Waals surface area contributed by atoms with Gasteiger partial charge in [0.05, 0.1) is 7.11 Å². The van der Waals surface area contributed by atoms with E-state index >= 15 is 0 Å². The van der Waals surface area contributed by atoms with Gasteiger partial charge in [-0.05, 0) is 60.8 Å². The van der Waals surface area contributed by atoms with Gasteiger partial charge in [0.15, 0.2) is 0 Å². The van der Waals surface area contributed by atoms with Crippen LogP contribution < -0.4 is 10.5 Å². The van der Waals surface area contributed by atoms with Gasteiger partial charge in [-0.2, -0.15) is 0 Å². The fourth-order valence-corrected chi connectivity index (χ4v) is 4.39. The Morgan fingerprint density at radius 3 is 2.63 bits per heavy atom. The average Bonchev–Trinajstić information content (AvgIpc) is 3.13. The van der Waals surface area contributed by atoms with Crippen LogP contribution >= 0.6 is 15.9 Å². The topological polar surface area (TPSA) is 35.2 Å². The molecule has 0 spiro atoms. The molecule has 1 aromatic rings. The van der Waals surface area contributed by atoms with E-state index in [9.17, 15) is 0 Å². The summed E-state index contributed by atoms with van der Waals surface area (Å²) in [6.45, 7) is 0. The number of hydrogen-bond acceptors (Lipinski definition) is 2. The summed E-state index contributed by atoms with van der Waals surface area (Å²) in [5.41, 5.74) is 7.70. The van der Waals surface area contributed by atoms with Crippen LogP contribution in [0.1, 0.15) is 31.2 Å². The van der Waals surface area contributed by atoms with Crippen molar-refractivity contribution in [3.63, 3.8) is 0 Å². The first-order chi connectivity index (χ1) is 9.20. The summed E-state index contributed by atoms with van der Waals surface area (Å²) in [4.78, 5) is 0. The Morgan fingerprint density at radius 2 is 2.00 bits per heavy atom. The molecule has 3 atom stereocenters. The number of halogens is 1. The number of nitrogens with two attached hydrogens (primary N) is 1. The fourth-order valence-electron chi connectivity index (χ4n) is 3.98. The molecule has 3 unspecified atom stereocenters. The Labute approximate surface area is 123 Å². The first-order valence-electron chi connectivity index (χ1n) is 7.28. The lowest BCUT2D eigenvalue weighted by Crippen LogP contribution is -2.27. The highest BCUT2D eigenvalue weighted by atomic mass is 79.9.